The molecule has 0 fully saturated rings. The Morgan fingerprint density at radius 3 is 2.08 bits per heavy atom. The highest BCUT2D eigenvalue weighted by Gasteiger charge is 2.14. The van der Waals surface area contributed by atoms with Crippen LogP contribution >= 0.6 is 11.8 Å². The summed E-state index contributed by atoms with van der Waals surface area (Å²) in [6.45, 7) is 13.4. The van der Waals surface area contributed by atoms with Gasteiger partial charge in [0.1, 0.15) is 5.75 Å². The van der Waals surface area contributed by atoms with Crippen molar-refractivity contribution in [3.8, 4) is 5.75 Å². The molecule has 0 amide bonds. The number of aliphatic carboxylic acids is 2. The van der Waals surface area contributed by atoms with E-state index >= 15 is 0 Å². The first-order valence-corrected chi connectivity index (χ1v) is 14.3. The van der Waals surface area contributed by atoms with E-state index in [0.29, 0.717) is 5.92 Å². The maximum atomic E-state index is 9.10. The Balaban J connectivity index is 0.000000757. The van der Waals surface area contributed by atoms with Crippen molar-refractivity contribution < 1.29 is 24.5 Å². The van der Waals surface area contributed by atoms with E-state index in [2.05, 4.69) is 91.9 Å². The topological polar surface area (TPSA) is 91.5 Å². The first-order valence-electron chi connectivity index (χ1n) is 13.5. The Labute approximate surface area is 230 Å². The molecule has 0 unspecified atom stereocenters. The number of nitrogens with zero attached hydrogens (tertiary/aromatic N) is 2. The minimum absolute atomic E-state index is 0.495. The Morgan fingerprint density at radius 2 is 1.53 bits per heavy atom. The Hall–Kier alpha value is -2.97. The molecule has 0 aliphatic heterocycles. The summed E-state index contributed by atoms with van der Waals surface area (Å²) in [5, 5.41) is 14.8. The zero-order valence-electron chi connectivity index (χ0n) is 23.1. The van der Waals surface area contributed by atoms with Gasteiger partial charge in [0.05, 0.1) is 12.1 Å². The largest absolute Gasteiger partial charge is 0.494 e. The molecule has 7 nitrogen and oxygen atoms in total. The number of rotatable bonds is 14. The third-order valence-electron chi connectivity index (χ3n) is 6.05. The third kappa shape index (κ3) is 10.4. The first kappa shape index (κ1) is 31.2. The van der Waals surface area contributed by atoms with Crippen LogP contribution in [0, 0.1) is 0 Å². The molecule has 0 saturated heterocycles. The number of hydrogen-bond acceptors (Lipinski definition) is 5. The highest BCUT2D eigenvalue weighted by molar-refractivity contribution is 7.99. The summed E-state index contributed by atoms with van der Waals surface area (Å²) in [6.07, 6.45) is 10.6. The lowest BCUT2D eigenvalue weighted by Crippen LogP contribution is -2.28. The van der Waals surface area contributed by atoms with Gasteiger partial charge < -0.3 is 24.3 Å². The van der Waals surface area contributed by atoms with Crippen LogP contribution in [-0.2, 0) is 9.59 Å². The lowest BCUT2D eigenvalue weighted by Gasteiger charge is -2.21. The molecule has 0 radical (unpaired) electrons. The molecule has 8 heteroatoms. The molecule has 38 heavy (non-hydrogen) atoms. The Bertz CT molecular complexity index is 1110. The summed E-state index contributed by atoms with van der Waals surface area (Å²) in [4.78, 5) is 23.4. The summed E-state index contributed by atoms with van der Waals surface area (Å²) in [5.41, 5.74) is 2.68. The van der Waals surface area contributed by atoms with Gasteiger partial charge in [0, 0.05) is 28.7 Å². The number of pyridine rings is 1. The van der Waals surface area contributed by atoms with Crippen LogP contribution in [0.2, 0.25) is 0 Å². The number of carboxylic acids is 2. The smallest absolute Gasteiger partial charge is 0.414 e. The molecular weight excluding hydrogens is 500 g/mol. The number of unbranched alkanes of at least 4 members (excludes halogenated alkanes) is 2. The van der Waals surface area contributed by atoms with E-state index in [1.165, 1.54) is 59.6 Å². The van der Waals surface area contributed by atoms with Crippen molar-refractivity contribution in [1.29, 1.82) is 0 Å². The molecule has 0 aliphatic rings. The van der Waals surface area contributed by atoms with Gasteiger partial charge in [0.15, 0.2) is 0 Å². The molecule has 0 spiro atoms. The molecule has 0 bridgehead atoms. The van der Waals surface area contributed by atoms with Gasteiger partial charge in [-0.1, -0.05) is 58.4 Å². The lowest BCUT2D eigenvalue weighted by molar-refractivity contribution is -0.159. The predicted octanol–water partition coefficient (Wildman–Crippen LogP) is 7.04. The van der Waals surface area contributed by atoms with Crippen LogP contribution < -0.4 is 4.74 Å². The standard InChI is InChI=1S/C28H40N2OS.C2H2O4/c1-5-7-17-29(18-8-6-2)19-11-21-31-24-13-15-25(16-14-24)32-28-26(23(3)4)22-30-20-10-9-12-27(28)30;3-1(4)2(5)6/h9-10,12-16,20,22-23H,5-8,11,17-19,21H2,1-4H3;(H,3,4)(H,5,6). The van der Waals surface area contributed by atoms with Gasteiger partial charge in [-0.15, -0.1) is 0 Å². The van der Waals surface area contributed by atoms with Gasteiger partial charge in [-0.2, -0.15) is 0 Å². The molecule has 2 N–H and O–H groups in total. The number of ether oxygens (including phenoxy) is 1. The Morgan fingerprint density at radius 1 is 0.921 bits per heavy atom. The van der Waals surface area contributed by atoms with Crippen LogP contribution in [0.4, 0.5) is 0 Å². The second kappa shape index (κ2) is 16.8. The fourth-order valence-electron chi connectivity index (χ4n) is 3.94. The van der Waals surface area contributed by atoms with Crippen LogP contribution in [0.25, 0.3) is 5.52 Å². The van der Waals surface area contributed by atoms with E-state index in [1.807, 2.05) is 11.8 Å². The van der Waals surface area contributed by atoms with E-state index in [0.717, 1.165) is 25.3 Å². The van der Waals surface area contributed by atoms with E-state index in [4.69, 9.17) is 24.5 Å². The summed E-state index contributed by atoms with van der Waals surface area (Å²) >= 11 is 1.85. The summed E-state index contributed by atoms with van der Waals surface area (Å²) in [6, 6.07) is 15.0. The fraction of sp³-hybridized carbons (Fsp3) is 0.467. The average molecular weight is 543 g/mol. The maximum absolute atomic E-state index is 9.10. The zero-order chi connectivity index (χ0) is 27.9. The average Bonchev–Trinajstić information content (AvgIpc) is 3.27. The van der Waals surface area contributed by atoms with E-state index in [-0.39, 0.29) is 0 Å². The van der Waals surface area contributed by atoms with Crippen molar-refractivity contribution in [1.82, 2.24) is 9.30 Å². The molecule has 3 aromatic rings. The third-order valence-corrected chi connectivity index (χ3v) is 7.21. The number of carbonyl (C=O) groups is 2. The van der Waals surface area contributed by atoms with Gasteiger partial charge in [0.2, 0.25) is 0 Å². The number of hydrogen-bond donors (Lipinski definition) is 2. The normalized spacial score (nSPS) is 11.0. The predicted molar refractivity (Wildman–Crippen MR) is 154 cm³/mol. The van der Waals surface area contributed by atoms with Gasteiger partial charge in [-0.3, -0.25) is 0 Å². The quantitative estimate of drug-likeness (QED) is 0.167. The summed E-state index contributed by atoms with van der Waals surface area (Å²) in [7, 11) is 0. The van der Waals surface area contributed by atoms with Crippen molar-refractivity contribution in [3.63, 3.8) is 0 Å². The van der Waals surface area contributed by atoms with Crippen molar-refractivity contribution in [2.24, 2.45) is 0 Å². The van der Waals surface area contributed by atoms with Crippen molar-refractivity contribution in [3.05, 3.63) is 60.4 Å². The second-order valence-electron chi connectivity index (χ2n) is 9.50. The van der Waals surface area contributed by atoms with Crippen LogP contribution in [0.3, 0.4) is 0 Å². The van der Waals surface area contributed by atoms with Crippen LogP contribution in [0.5, 0.6) is 5.75 Å². The number of carboxylic acid groups (broad SMARTS) is 2. The van der Waals surface area contributed by atoms with Gasteiger partial charge >= 0.3 is 11.9 Å². The highest BCUT2D eigenvalue weighted by Crippen LogP contribution is 2.38. The maximum Gasteiger partial charge on any atom is 0.414 e. The molecule has 2 heterocycles. The fourth-order valence-corrected chi connectivity index (χ4v) is 5.13. The molecule has 2 aromatic heterocycles. The van der Waals surface area contributed by atoms with E-state index in [9.17, 15) is 0 Å². The summed E-state index contributed by atoms with van der Waals surface area (Å²) < 4.78 is 8.28. The van der Waals surface area contributed by atoms with Crippen molar-refractivity contribution in [2.45, 2.75) is 75.5 Å². The summed E-state index contributed by atoms with van der Waals surface area (Å²) in [5.74, 6) is -2.19. The first-order chi connectivity index (χ1) is 18.3. The molecule has 0 atom stereocenters. The zero-order valence-corrected chi connectivity index (χ0v) is 23.9. The molecule has 3 rings (SSSR count). The second-order valence-corrected chi connectivity index (χ2v) is 10.6. The highest BCUT2D eigenvalue weighted by atomic mass is 32.2. The molecule has 0 saturated carbocycles. The van der Waals surface area contributed by atoms with Crippen LogP contribution in [0.15, 0.2) is 64.6 Å². The lowest BCUT2D eigenvalue weighted by atomic mass is 10.1. The van der Waals surface area contributed by atoms with Crippen molar-refractivity contribution in [2.75, 3.05) is 26.2 Å². The monoisotopic (exact) mass is 542 g/mol. The van der Waals surface area contributed by atoms with Crippen LogP contribution in [-0.4, -0.2) is 57.7 Å². The van der Waals surface area contributed by atoms with Gasteiger partial charge in [-0.25, -0.2) is 9.59 Å². The van der Waals surface area contributed by atoms with Gasteiger partial charge in [-0.05, 0) is 80.2 Å². The number of aromatic nitrogens is 1. The Kier molecular flexibility index (Phi) is 13.8. The van der Waals surface area contributed by atoms with Crippen molar-refractivity contribution >= 4 is 29.2 Å². The van der Waals surface area contributed by atoms with Gasteiger partial charge in [0.25, 0.3) is 0 Å². The minimum Gasteiger partial charge on any atom is -0.494 e. The molecular formula is C30H42N2O5S. The molecule has 0 aliphatic carbocycles. The molecule has 1 aromatic carbocycles. The minimum atomic E-state index is -1.82. The molecule has 208 valence electrons. The number of benzene rings is 1. The SMILES string of the molecule is CCCCN(CCCC)CCCOc1ccc(Sc2c(C(C)C)cn3ccccc23)cc1.O=C(O)C(=O)O. The van der Waals surface area contributed by atoms with Crippen LogP contribution in [0.1, 0.15) is 71.3 Å². The van der Waals surface area contributed by atoms with E-state index in [1.54, 1.807) is 0 Å². The number of fused-ring (bicyclic) bond motifs is 1. The van der Waals surface area contributed by atoms with E-state index < -0.39 is 11.9 Å².